The fourth-order valence-electron chi connectivity index (χ4n) is 4.13. The first-order chi connectivity index (χ1) is 15.2. The van der Waals surface area contributed by atoms with Gasteiger partial charge in [0.1, 0.15) is 11.6 Å². The molecule has 0 spiro atoms. The zero-order chi connectivity index (χ0) is 21.2. The van der Waals surface area contributed by atoms with Crippen molar-refractivity contribution in [1.82, 2.24) is 19.9 Å². The summed E-state index contributed by atoms with van der Waals surface area (Å²) in [5.41, 5.74) is 3.98. The third-order valence-corrected chi connectivity index (χ3v) is 6.38. The summed E-state index contributed by atoms with van der Waals surface area (Å²) in [7, 11) is 1.69. The second-order valence-electron chi connectivity index (χ2n) is 7.62. The van der Waals surface area contributed by atoms with E-state index in [0.717, 1.165) is 53.4 Å². The van der Waals surface area contributed by atoms with Gasteiger partial charge in [0.05, 0.1) is 30.5 Å². The molecule has 0 saturated carbocycles. The van der Waals surface area contributed by atoms with Crippen LogP contribution in [0.1, 0.15) is 35.8 Å². The monoisotopic (exact) mass is 430 g/mol. The predicted molar refractivity (Wildman–Crippen MR) is 122 cm³/mol. The molecule has 7 nitrogen and oxygen atoms in total. The number of nitrogens with one attached hydrogen (secondary N) is 2. The minimum Gasteiger partial charge on any atom is -0.497 e. The molecule has 8 heteroatoms. The maximum Gasteiger partial charge on any atom is 0.188 e. The van der Waals surface area contributed by atoms with Crippen LogP contribution >= 0.6 is 11.3 Å². The van der Waals surface area contributed by atoms with Crippen LogP contribution in [0.4, 0.5) is 10.9 Å². The fourth-order valence-corrected chi connectivity index (χ4v) is 4.89. The Labute approximate surface area is 184 Å². The zero-order valence-corrected chi connectivity index (χ0v) is 17.9. The number of nitriles is 1. The lowest BCUT2D eigenvalue weighted by Gasteiger charge is -2.22. The number of pyridine rings is 1. The topological polar surface area (TPSA) is 89.9 Å². The summed E-state index contributed by atoms with van der Waals surface area (Å²) in [5.74, 6) is 1.51. The standard InChI is InChI=1S/C23H22N6OS/c1-30-18-4-5-19-16(11-18)10-17(26-19)13-29-8-2-3-21(29)20-14-31-23(27-20)28-22-9-15(12-24)6-7-25-22/h4-7,9-11,14,21,26H,2-3,8,13H2,1H3,(H,25,27,28)/t21-/m1/s1. The lowest BCUT2D eigenvalue weighted by Crippen LogP contribution is -2.23. The summed E-state index contributed by atoms with van der Waals surface area (Å²) in [5, 5.41) is 16.4. The number of aromatic nitrogens is 3. The maximum absolute atomic E-state index is 9.07. The van der Waals surface area contributed by atoms with Gasteiger partial charge in [-0.1, -0.05) is 0 Å². The molecule has 4 heterocycles. The Morgan fingerprint density at radius 2 is 2.26 bits per heavy atom. The number of benzene rings is 1. The number of hydrogen-bond acceptors (Lipinski definition) is 7. The van der Waals surface area contributed by atoms with Gasteiger partial charge in [0.2, 0.25) is 0 Å². The summed E-state index contributed by atoms with van der Waals surface area (Å²) in [6, 6.07) is 14.2. The third kappa shape index (κ3) is 4.10. The van der Waals surface area contributed by atoms with Crippen LogP contribution < -0.4 is 10.1 Å². The summed E-state index contributed by atoms with van der Waals surface area (Å²) in [6.45, 7) is 1.91. The lowest BCUT2D eigenvalue weighted by molar-refractivity contribution is 0.243. The fraction of sp³-hybridized carbons (Fsp3) is 0.261. The molecule has 31 heavy (non-hydrogen) atoms. The first-order valence-electron chi connectivity index (χ1n) is 10.2. The molecular formula is C23H22N6OS. The molecule has 156 valence electrons. The molecule has 0 bridgehead atoms. The average molecular weight is 431 g/mol. The Kier molecular flexibility index (Phi) is 5.28. The van der Waals surface area contributed by atoms with E-state index in [0.29, 0.717) is 17.4 Å². The molecule has 2 N–H and O–H groups in total. The number of rotatable bonds is 6. The van der Waals surface area contributed by atoms with Crippen molar-refractivity contribution in [3.05, 3.63) is 64.9 Å². The van der Waals surface area contributed by atoms with Crippen molar-refractivity contribution in [3.8, 4) is 11.8 Å². The number of H-pyrrole nitrogens is 1. The van der Waals surface area contributed by atoms with E-state index in [1.54, 1.807) is 36.8 Å². The van der Waals surface area contributed by atoms with E-state index >= 15 is 0 Å². The molecule has 0 aliphatic carbocycles. The van der Waals surface area contributed by atoms with Crippen LogP contribution in [0.3, 0.4) is 0 Å². The van der Waals surface area contributed by atoms with E-state index in [-0.39, 0.29) is 0 Å². The van der Waals surface area contributed by atoms with Crippen molar-refractivity contribution >= 4 is 33.2 Å². The highest BCUT2D eigenvalue weighted by Gasteiger charge is 2.28. The largest absolute Gasteiger partial charge is 0.497 e. The van der Waals surface area contributed by atoms with Gasteiger partial charge >= 0.3 is 0 Å². The average Bonchev–Trinajstić information content (AvgIpc) is 3.53. The Morgan fingerprint density at radius 3 is 3.13 bits per heavy atom. The van der Waals surface area contributed by atoms with E-state index in [2.05, 4.69) is 49.8 Å². The van der Waals surface area contributed by atoms with Gasteiger partial charge in [-0.3, -0.25) is 4.90 Å². The van der Waals surface area contributed by atoms with Crippen LogP contribution in [-0.2, 0) is 6.54 Å². The molecule has 1 aromatic carbocycles. The van der Waals surface area contributed by atoms with Crippen LogP contribution in [0.2, 0.25) is 0 Å². The van der Waals surface area contributed by atoms with Crippen molar-refractivity contribution in [1.29, 1.82) is 5.26 Å². The summed E-state index contributed by atoms with van der Waals surface area (Å²) >= 11 is 1.57. The van der Waals surface area contributed by atoms with E-state index < -0.39 is 0 Å². The van der Waals surface area contributed by atoms with E-state index in [1.807, 2.05) is 6.07 Å². The molecule has 1 fully saturated rings. The molecule has 1 atom stereocenters. The summed E-state index contributed by atoms with van der Waals surface area (Å²) in [4.78, 5) is 15.1. The van der Waals surface area contributed by atoms with Crippen LogP contribution in [0.25, 0.3) is 10.9 Å². The molecule has 4 aromatic rings. The van der Waals surface area contributed by atoms with Crippen LogP contribution in [-0.4, -0.2) is 33.5 Å². The number of aromatic amines is 1. The molecule has 0 radical (unpaired) electrons. The van der Waals surface area contributed by atoms with Gasteiger partial charge < -0.3 is 15.0 Å². The Hall–Kier alpha value is -3.41. The van der Waals surface area contributed by atoms with Gasteiger partial charge in [-0.05, 0) is 55.8 Å². The number of hydrogen-bond donors (Lipinski definition) is 2. The number of fused-ring (bicyclic) bond motifs is 1. The normalized spacial score (nSPS) is 16.5. The van der Waals surface area contributed by atoms with Gasteiger partial charge in [-0.15, -0.1) is 11.3 Å². The number of methoxy groups -OCH3 is 1. The van der Waals surface area contributed by atoms with Crippen molar-refractivity contribution in [2.24, 2.45) is 0 Å². The van der Waals surface area contributed by atoms with Gasteiger partial charge in [-0.25, -0.2) is 9.97 Å². The van der Waals surface area contributed by atoms with Crippen molar-refractivity contribution in [2.75, 3.05) is 19.0 Å². The second-order valence-corrected chi connectivity index (χ2v) is 8.48. The number of likely N-dealkylation sites (tertiary alicyclic amines) is 1. The quantitative estimate of drug-likeness (QED) is 0.448. The zero-order valence-electron chi connectivity index (χ0n) is 17.1. The second kappa shape index (κ2) is 8.38. The number of nitrogens with zero attached hydrogens (tertiary/aromatic N) is 4. The van der Waals surface area contributed by atoms with Crippen molar-refractivity contribution in [2.45, 2.75) is 25.4 Å². The van der Waals surface area contributed by atoms with Gasteiger partial charge in [0.15, 0.2) is 5.13 Å². The number of ether oxygens (including phenoxy) is 1. The predicted octanol–water partition coefficient (Wildman–Crippen LogP) is 4.98. The minimum absolute atomic E-state index is 0.297. The molecule has 5 rings (SSSR count). The summed E-state index contributed by atoms with van der Waals surface area (Å²) in [6.07, 6.45) is 3.88. The smallest absolute Gasteiger partial charge is 0.188 e. The molecule has 1 aliphatic rings. The summed E-state index contributed by atoms with van der Waals surface area (Å²) < 4.78 is 5.34. The lowest BCUT2D eigenvalue weighted by atomic mass is 10.1. The van der Waals surface area contributed by atoms with E-state index in [4.69, 9.17) is 15.0 Å². The van der Waals surface area contributed by atoms with E-state index in [9.17, 15) is 0 Å². The molecule has 3 aromatic heterocycles. The van der Waals surface area contributed by atoms with Crippen LogP contribution in [0.5, 0.6) is 5.75 Å². The van der Waals surface area contributed by atoms with Crippen LogP contribution in [0, 0.1) is 11.3 Å². The van der Waals surface area contributed by atoms with Crippen LogP contribution in [0.15, 0.2) is 48.0 Å². The Bertz CT molecular complexity index is 1260. The highest BCUT2D eigenvalue weighted by Crippen LogP contribution is 2.35. The number of thiazole rings is 1. The van der Waals surface area contributed by atoms with Gasteiger partial charge in [0, 0.05) is 34.7 Å². The Morgan fingerprint density at radius 1 is 1.32 bits per heavy atom. The van der Waals surface area contributed by atoms with Crippen molar-refractivity contribution < 1.29 is 4.74 Å². The Balaban J connectivity index is 1.31. The number of anilines is 2. The molecular weight excluding hydrogens is 408 g/mol. The van der Waals surface area contributed by atoms with Gasteiger partial charge in [-0.2, -0.15) is 5.26 Å². The van der Waals surface area contributed by atoms with E-state index in [1.165, 1.54) is 5.69 Å². The molecule has 0 unspecified atom stereocenters. The maximum atomic E-state index is 9.07. The highest BCUT2D eigenvalue weighted by atomic mass is 32.1. The minimum atomic E-state index is 0.297. The third-order valence-electron chi connectivity index (χ3n) is 5.61. The molecule has 1 aliphatic heterocycles. The molecule has 1 saturated heterocycles. The SMILES string of the molecule is COc1ccc2[nH]c(CN3CCC[C@@H]3c3csc(Nc4cc(C#N)ccn4)n3)cc2c1. The van der Waals surface area contributed by atoms with Crippen molar-refractivity contribution in [3.63, 3.8) is 0 Å². The highest BCUT2D eigenvalue weighted by molar-refractivity contribution is 7.13. The first kappa shape index (κ1) is 19.5. The van der Waals surface area contributed by atoms with Gasteiger partial charge in [0.25, 0.3) is 0 Å². The molecule has 0 amide bonds. The first-order valence-corrected chi connectivity index (χ1v) is 11.1.